The number of phenols is 1. The summed E-state index contributed by atoms with van der Waals surface area (Å²) in [5.41, 5.74) is 2.80. The number of phenolic OH excluding ortho intramolecular Hbond substituents is 1. The van der Waals surface area contributed by atoms with E-state index in [1.165, 1.54) is 24.4 Å². The molecular formula is C21H23BrFN3O4. The van der Waals surface area contributed by atoms with Crippen LogP contribution in [-0.2, 0) is 4.79 Å². The molecule has 160 valence electrons. The molecule has 0 radical (unpaired) electrons. The molecule has 0 aliphatic rings. The van der Waals surface area contributed by atoms with E-state index in [1.807, 2.05) is 0 Å². The van der Waals surface area contributed by atoms with Crippen LogP contribution >= 0.6 is 15.9 Å². The summed E-state index contributed by atoms with van der Waals surface area (Å²) in [6.45, 7) is 5.66. The van der Waals surface area contributed by atoms with Crippen LogP contribution in [0.5, 0.6) is 11.5 Å². The molecular weight excluding hydrogens is 457 g/mol. The number of ether oxygens (including phenoxy) is 1. The van der Waals surface area contributed by atoms with Crippen molar-refractivity contribution in [3.8, 4) is 11.5 Å². The van der Waals surface area contributed by atoms with Crippen LogP contribution in [0.1, 0.15) is 36.7 Å². The molecule has 0 saturated heterocycles. The highest BCUT2D eigenvalue weighted by Crippen LogP contribution is 2.35. The first-order valence-corrected chi connectivity index (χ1v) is 10.1. The first-order chi connectivity index (χ1) is 14.2. The van der Waals surface area contributed by atoms with Gasteiger partial charge in [-0.25, -0.2) is 9.82 Å². The molecule has 0 aromatic heterocycles. The zero-order valence-electron chi connectivity index (χ0n) is 16.8. The second-order valence-electron chi connectivity index (χ2n) is 6.69. The largest absolute Gasteiger partial charge is 0.503 e. The Kier molecular flexibility index (Phi) is 8.35. The predicted molar refractivity (Wildman–Crippen MR) is 115 cm³/mol. The molecule has 0 fully saturated rings. The van der Waals surface area contributed by atoms with Gasteiger partial charge in [-0.15, -0.1) is 0 Å². The third-order valence-electron chi connectivity index (χ3n) is 4.09. The number of hydrogen-bond acceptors (Lipinski definition) is 5. The number of rotatable bonds is 8. The third-order valence-corrected chi connectivity index (χ3v) is 4.70. The fourth-order valence-corrected chi connectivity index (χ4v) is 3.03. The molecule has 3 N–H and O–H groups in total. The first-order valence-electron chi connectivity index (χ1n) is 9.28. The smallest absolute Gasteiger partial charge is 0.262 e. The number of carbonyl (C=O) groups is 2. The Morgan fingerprint density at radius 1 is 1.30 bits per heavy atom. The monoisotopic (exact) mass is 479 g/mol. The SMILES string of the molecule is CCOc1cc(/C=N/NC(=O)C(NC(=O)c2ccccc2F)C(C)C)cc(Br)c1O. The van der Waals surface area contributed by atoms with Gasteiger partial charge in [0.2, 0.25) is 0 Å². The molecule has 30 heavy (non-hydrogen) atoms. The highest BCUT2D eigenvalue weighted by Gasteiger charge is 2.25. The van der Waals surface area contributed by atoms with Crippen molar-refractivity contribution in [2.24, 2.45) is 11.0 Å². The molecule has 0 aliphatic heterocycles. The van der Waals surface area contributed by atoms with E-state index >= 15 is 0 Å². The Balaban J connectivity index is 2.09. The highest BCUT2D eigenvalue weighted by atomic mass is 79.9. The van der Waals surface area contributed by atoms with Crippen molar-refractivity contribution in [2.45, 2.75) is 26.8 Å². The Labute approximate surface area is 182 Å². The average Bonchev–Trinajstić information content (AvgIpc) is 2.69. The summed E-state index contributed by atoms with van der Waals surface area (Å²) in [5, 5.41) is 16.4. The number of hydrazone groups is 1. The van der Waals surface area contributed by atoms with Crippen molar-refractivity contribution in [3.05, 3.63) is 57.8 Å². The molecule has 9 heteroatoms. The molecule has 2 aromatic carbocycles. The Morgan fingerprint density at radius 3 is 2.63 bits per heavy atom. The van der Waals surface area contributed by atoms with E-state index in [0.29, 0.717) is 16.6 Å². The number of nitrogens with one attached hydrogen (secondary N) is 2. The van der Waals surface area contributed by atoms with Crippen LogP contribution in [-0.4, -0.2) is 35.8 Å². The zero-order chi connectivity index (χ0) is 22.3. The standard InChI is InChI=1S/C21H23BrFN3O4/c1-4-30-17-10-13(9-15(22)19(17)27)11-24-26-21(29)18(12(2)3)25-20(28)14-7-5-6-8-16(14)23/h5-12,18,27H,4H2,1-3H3,(H,25,28)(H,26,29)/b24-11+. The Morgan fingerprint density at radius 2 is 2.00 bits per heavy atom. The lowest BCUT2D eigenvalue weighted by atomic mass is 10.0. The summed E-state index contributed by atoms with van der Waals surface area (Å²) in [7, 11) is 0. The van der Waals surface area contributed by atoms with Crippen LogP contribution in [0.25, 0.3) is 0 Å². The summed E-state index contributed by atoms with van der Waals surface area (Å²) >= 11 is 3.23. The van der Waals surface area contributed by atoms with Crippen molar-refractivity contribution in [1.29, 1.82) is 0 Å². The van der Waals surface area contributed by atoms with Crippen molar-refractivity contribution >= 4 is 34.0 Å². The fourth-order valence-electron chi connectivity index (χ4n) is 2.57. The molecule has 7 nitrogen and oxygen atoms in total. The van der Waals surface area contributed by atoms with Crippen molar-refractivity contribution in [3.63, 3.8) is 0 Å². The van der Waals surface area contributed by atoms with Gasteiger partial charge < -0.3 is 15.2 Å². The van der Waals surface area contributed by atoms with E-state index in [1.54, 1.807) is 39.0 Å². The molecule has 0 bridgehead atoms. The van der Waals surface area contributed by atoms with Crippen LogP contribution in [0.4, 0.5) is 4.39 Å². The number of carbonyl (C=O) groups excluding carboxylic acids is 2. The lowest BCUT2D eigenvalue weighted by molar-refractivity contribution is -0.123. The molecule has 0 aliphatic carbocycles. The molecule has 2 amide bonds. The van der Waals surface area contributed by atoms with E-state index in [0.717, 1.165) is 0 Å². The number of benzene rings is 2. The Bertz CT molecular complexity index is 950. The van der Waals surface area contributed by atoms with Crippen LogP contribution in [0, 0.1) is 11.7 Å². The maximum atomic E-state index is 13.8. The van der Waals surface area contributed by atoms with Gasteiger partial charge in [-0.2, -0.15) is 5.10 Å². The number of nitrogens with zero attached hydrogens (tertiary/aromatic N) is 1. The number of aromatic hydroxyl groups is 1. The number of hydrogen-bond donors (Lipinski definition) is 3. The molecule has 2 aromatic rings. The Hall–Kier alpha value is -2.94. The minimum atomic E-state index is -0.917. The van der Waals surface area contributed by atoms with Gasteiger partial charge in [-0.1, -0.05) is 26.0 Å². The van der Waals surface area contributed by atoms with Gasteiger partial charge in [0.05, 0.1) is 22.9 Å². The van der Waals surface area contributed by atoms with E-state index in [-0.39, 0.29) is 23.0 Å². The van der Waals surface area contributed by atoms with Gasteiger partial charge in [0.15, 0.2) is 11.5 Å². The lowest BCUT2D eigenvalue weighted by Gasteiger charge is -2.20. The van der Waals surface area contributed by atoms with Crippen LogP contribution in [0.2, 0.25) is 0 Å². The number of amides is 2. The first kappa shape index (κ1) is 23.3. The average molecular weight is 480 g/mol. The minimum absolute atomic E-state index is 0.0336. The van der Waals surface area contributed by atoms with Crippen molar-refractivity contribution < 1.29 is 23.8 Å². The summed E-state index contributed by atoms with van der Waals surface area (Å²) in [6.07, 6.45) is 1.38. The summed E-state index contributed by atoms with van der Waals surface area (Å²) < 4.78 is 19.6. The highest BCUT2D eigenvalue weighted by molar-refractivity contribution is 9.10. The number of halogens is 2. The second kappa shape index (κ2) is 10.7. The van der Waals surface area contributed by atoms with Crippen molar-refractivity contribution in [2.75, 3.05) is 6.61 Å². The van der Waals surface area contributed by atoms with E-state index in [2.05, 4.69) is 31.8 Å². The van der Waals surface area contributed by atoms with E-state index in [9.17, 15) is 19.1 Å². The second-order valence-corrected chi connectivity index (χ2v) is 7.55. The van der Waals surface area contributed by atoms with Gasteiger partial charge >= 0.3 is 0 Å². The third kappa shape index (κ3) is 6.03. The predicted octanol–water partition coefficient (Wildman–Crippen LogP) is 3.60. The topological polar surface area (TPSA) is 100 Å². The van der Waals surface area contributed by atoms with Gasteiger partial charge in [-0.3, -0.25) is 9.59 Å². The van der Waals surface area contributed by atoms with E-state index in [4.69, 9.17) is 4.74 Å². The molecule has 0 spiro atoms. The van der Waals surface area contributed by atoms with Gasteiger partial charge in [0.25, 0.3) is 11.8 Å². The van der Waals surface area contributed by atoms with Gasteiger partial charge in [0, 0.05) is 0 Å². The zero-order valence-corrected chi connectivity index (χ0v) is 18.4. The fraction of sp³-hybridized carbons (Fsp3) is 0.286. The molecule has 0 saturated carbocycles. The maximum absolute atomic E-state index is 13.8. The van der Waals surface area contributed by atoms with Gasteiger partial charge in [0.1, 0.15) is 11.9 Å². The van der Waals surface area contributed by atoms with Gasteiger partial charge in [-0.05, 0) is 58.6 Å². The van der Waals surface area contributed by atoms with E-state index < -0.39 is 23.7 Å². The molecule has 2 rings (SSSR count). The molecule has 1 unspecified atom stereocenters. The quantitative estimate of drug-likeness (QED) is 0.397. The summed E-state index contributed by atoms with van der Waals surface area (Å²) in [6, 6.07) is 7.80. The van der Waals surface area contributed by atoms with Crippen LogP contribution in [0.3, 0.4) is 0 Å². The maximum Gasteiger partial charge on any atom is 0.262 e. The van der Waals surface area contributed by atoms with Crippen molar-refractivity contribution in [1.82, 2.24) is 10.7 Å². The van der Waals surface area contributed by atoms with Crippen LogP contribution < -0.4 is 15.5 Å². The van der Waals surface area contributed by atoms with Crippen LogP contribution in [0.15, 0.2) is 46.0 Å². The summed E-state index contributed by atoms with van der Waals surface area (Å²) in [4.78, 5) is 24.8. The molecule has 1 atom stereocenters. The minimum Gasteiger partial charge on any atom is -0.503 e. The molecule has 0 heterocycles. The normalized spacial score (nSPS) is 12.1. The lowest BCUT2D eigenvalue weighted by Crippen LogP contribution is -2.48. The summed E-state index contributed by atoms with van der Waals surface area (Å²) in [5.74, 6) is -1.92.